The SMILES string of the molecule is CNCCCSc1ccc(N)cc1Br. The van der Waals surface area contributed by atoms with Crippen molar-refractivity contribution in [3.05, 3.63) is 22.7 Å². The third-order valence-electron chi connectivity index (χ3n) is 1.78. The number of nitrogens with one attached hydrogen (secondary N) is 1. The van der Waals surface area contributed by atoms with Gasteiger partial charge in [0.25, 0.3) is 0 Å². The first-order valence-corrected chi connectivity index (χ1v) is 6.34. The van der Waals surface area contributed by atoms with Crippen LogP contribution in [0.1, 0.15) is 6.42 Å². The number of halogens is 1. The molecule has 0 atom stereocenters. The summed E-state index contributed by atoms with van der Waals surface area (Å²) < 4.78 is 1.09. The van der Waals surface area contributed by atoms with Gasteiger partial charge in [0.05, 0.1) is 0 Å². The van der Waals surface area contributed by atoms with E-state index in [1.54, 1.807) is 0 Å². The second-order valence-electron chi connectivity index (χ2n) is 3.00. The van der Waals surface area contributed by atoms with Gasteiger partial charge in [-0.1, -0.05) is 0 Å². The van der Waals surface area contributed by atoms with Crippen molar-refractivity contribution < 1.29 is 0 Å². The van der Waals surface area contributed by atoms with E-state index in [0.29, 0.717) is 0 Å². The molecule has 1 aromatic rings. The van der Waals surface area contributed by atoms with E-state index in [2.05, 4.69) is 27.3 Å². The molecular formula is C10H15BrN2S. The lowest BCUT2D eigenvalue weighted by molar-refractivity contribution is 0.778. The number of benzene rings is 1. The van der Waals surface area contributed by atoms with Crippen LogP contribution in [-0.4, -0.2) is 19.3 Å². The van der Waals surface area contributed by atoms with Crippen molar-refractivity contribution in [3.63, 3.8) is 0 Å². The second kappa shape index (κ2) is 6.32. The van der Waals surface area contributed by atoms with Crippen molar-refractivity contribution >= 4 is 33.4 Å². The van der Waals surface area contributed by atoms with Crippen LogP contribution >= 0.6 is 27.7 Å². The quantitative estimate of drug-likeness (QED) is 0.493. The molecule has 0 saturated carbocycles. The molecule has 0 bridgehead atoms. The molecule has 1 aromatic carbocycles. The van der Waals surface area contributed by atoms with Gasteiger partial charge in [0, 0.05) is 15.1 Å². The van der Waals surface area contributed by atoms with Crippen molar-refractivity contribution in [1.82, 2.24) is 5.32 Å². The standard InChI is InChI=1S/C10H15BrN2S/c1-13-5-2-6-14-10-4-3-8(12)7-9(10)11/h3-4,7,13H,2,5-6,12H2,1H3. The van der Waals surface area contributed by atoms with Crippen LogP contribution < -0.4 is 11.1 Å². The zero-order chi connectivity index (χ0) is 10.4. The van der Waals surface area contributed by atoms with Crippen molar-refractivity contribution in [2.75, 3.05) is 25.1 Å². The van der Waals surface area contributed by atoms with Crippen molar-refractivity contribution in [1.29, 1.82) is 0 Å². The average Bonchev–Trinajstić information content (AvgIpc) is 2.15. The molecule has 0 aliphatic carbocycles. The lowest BCUT2D eigenvalue weighted by Crippen LogP contribution is -2.07. The van der Waals surface area contributed by atoms with Gasteiger partial charge in [0.2, 0.25) is 0 Å². The molecule has 0 spiro atoms. The van der Waals surface area contributed by atoms with Gasteiger partial charge in [-0.15, -0.1) is 11.8 Å². The van der Waals surface area contributed by atoms with Crippen LogP contribution in [0.3, 0.4) is 0 Å². The highest BCUT2D eigenvalue weighted by atomic mass is 79.9. The fraction of sp³-hybridized carbons (Fsp3) is 0.400. The average molecular weight is 275 g/mol. The van der Waals surface area contributed by atoms with E-state index in [0.717, 1.165) is 22.5 Å². The largest absolute Gasteiger partial charge is 0.399 e. The zero-order valence-corrected chi connectivity index (χ0v) is 10.6. The minimum atomic E-state index is 0.802. The third kappa shape index (κ3) is 3.90. The Morgan fingerprint density at radius 2 is 2.29 bits per heavy atom. The molecule has 78 valence electrons. The van der Waals surface area contributed by atoms with Gasteiger partial charge in [-0.3, -0.25) is 0 Å². The minimum absolute atomic E-state index is 0.802. The fourth-order valence-electron chi connectivity index (χ4n) is 1.07. The summed E-state index contributed by atoms with van der Waals surface area (Å²) >= 11 is 5.35. The summed E-state index contributed by atoms with van der Waals surface area (Å²) in [6.45, 7) is 1.07. The first-order chi connectivity index (χ1) is 6.74. The molecular weight excluding hydrogens is 260 g/mol. The van der Waals surface area contributed by atoms with Crippen molar-refractivity contribution in [3.8, 4) is 0 Å². The van der Waals surface area contributed by atoms with E-state index in [4.69, 9.17) is 5.73 Å². The molecule has 0 aliphatic heterocycles. The van der Waals surface area contributed by atoms with E-state index in [1.165, 1.54) is 11.3 Å². The van der Waals surface area contributed by atoms with Crippen LogP contribution in [0, 0.1) is 0 Å². The van der Waals surface area contributed by atoms with Crippen LogP contribution in [-0.2, 0) is 0 Å². The lowest BCUT2D eigenvalue weighted by Gasteiger charge is -2.04. The zero-order valence-electron chi connectivity index (χ0n) is 8.22. The fourth-order valence-corrected chi connectivity index (χ4v) is 2.67. The predicted molar refractivity (Wildman–Crippen MR) is 67.8 cm³/mol. The van der Waals surface area contributed by atoms with E-state index in [9.17, 15) is 0 Å². The molecule has 3 N–H and O–H groups in total. The van der Waals surface area contributed by atoms with Crippen molar-refractivity contribution in [2.45, 2.75) is 11.3 Å². The topological polar surface area (TPSA) is 38.0 Å². The van der Waals surface area contributed by atoms with Gasteiger partial charge in [-0.2, -0.15) is 0 Å². The summed E-state index contributed by atoms with van der Waals surface area (Å²) in [4.78, 5) is 1.26. The van der Waals surface area contributed by atoms with E-state index < -0.39 is 0 Å². The first kappa shape index (κ1) is 11.9. The molecule has 0 saturated heterocycles. The smallest absolute Gasteiger partial charge is 0.0331 e. The normalized spacial score (nSPS) is 10.4. The van der Waals surface area contributed by atoms with Crippen molar-refractivity contribution in [2.24, 2.45) is 0 Å². The van der Waals surface area contributed by atoms with E-state index in [1.807, 2.05) is 30.9 Å². The van der Waals surface area contributed by atoms with E-state index in [-0.39, 0.29) is 0 Å². The van der Waals surface area contributed by atoms with Crippen LogP contribution in [0.2, 0.25) is 0 Å². The molecule has 0 heterocycles. The lowest BCUT2D eigenvalue weighted by atomic mass is 10.3. The highest BCUT2D eigenvalue weighted by Gasteiger charge is 2.00. The Bertz CT molecular complexity index is 291. The third-order valence-corrected chi connectivity index (χ3v) is 3.86. The molecule has 2 nitrogen and oxygen atoms in total. The number of anilines is 1. The molecule has 0 amide bonds. The number of rotatable bonds is 5. The second-order valence-corrected chi connectivity index (χ2v) is 4.99. The Morgan fingerprint density at radius 1 is 1.50 bits per heavy atom. The number of nitrogens with two attached hydrogens (primary N) is 1. The maximum atomic E-state index is 5.65. The molecule has 0 aliphatic rings. The summed E-state index contributed by atoms with van der Waals surface area (Å²) in [7, 11) is 1.98. The number of nitrogen functional groups attached to an aromatic ring is 1. The number of thioether (sulfide) groups is 1. The molecule has 0 unspecified atom stereocenters. The van der Waals surface area contributed by atoms with E-state index >= 15 is 0 Å². The first-order valence-electron chi connectivity index (χ1n) is 4.56. The van der Waals surface area contributed by atoms with Gasteiger partial charge in [0.1, 0.15) is 0 Å². The molecule has 14 heavy (non-hydrogen) atoms. The molecule has 0 radical (unpaired) electrons. The van der Waals surface area contributed by atoms with Crippen LogP contribution in [0.5, 0.6) is 0 Å². The van der Waals surface area contributed by atoms with Crippen LogP contribution in [0.4, 0.5) is 5.69 Å². The summed E-state index contributed by atoms with van der Waals surface area (Å²) in [5.41, 5.74) is 6.46. The Morgan fingerprint density at radius 3 is 2.93 bits per heavy atom. The Kier molecular flexibility index (Phi) is 5.37. The monoisotopic (exact) mass is 274 g/mol. The maximum Gasteiger partial charge on any atom is 0.0331 e. The molecule has 4 heteroatoms. The highest BCUT2D eigenvalue weighted by molar-refractivity contribution is 9.10. The van der Waals surface area contributed by atoms with Crippen LogP contribution in [0.15, 0.2) is 27.6 Å². The van der Waals surface area contributed by atoms with Gasteiger partial charge in [0.15, 0.2) is 0 Å². The molecule has 1 rings (SSSR count). The summed E-state index contributed by atoms with van der Waals surface area (Å²) in [5, 5.41) is 3.13. The number of hydrogen-bond acceptors (Lipinski definition) is 3. The highest BCUT2D eigenvalue weighted by Crippen LogP contribution is 2.29. The molecule has 0 fully saturated rings. The number of hydrogen-bond donors (Lipinski definition) is 2. The Balaban J connectivity index is 2.42. The maximum absolute atomic E-state index is 5.65. The Labute approximate surface area is 97.8 Å². The minimum Gasteiger partial charge on any atom is -0.399 e. The van der Waals surface area contributed by atoms with Gasteiger partial charge >= 0.3 is 0 Å². The predicted octanol–water partition coefficient (Wildman–Crippen LogP) is 2.73. The van der Waals surface area contributed by atoms with Crippen LogP contribution in [0.25, 0.3) is 0 Å². The van der Waals surface area contributed by atoms with Gasteiger partial charge < -0.3 is 11.1 Å². The van der Waals surface area contributed by atoms with Gasteiger partial charge in [-0.25, -0.2) is 0 Å². The summed E-state index contributed by atoms with van der Waals surface area (Å²) in [6, 6.07) is 5.94. The summed E-state index contributed by atoms with van der Waals surface area (Å²) in [6.07, 6.45) is 1.18. The Hall–Kier alpha value is -0.190. The van der Waals surface area contributed by atoms with Gasteiger partial charge in [-0.05, 0) is 59.9 Å². The molecule has 0 aromatic heterocycles. The summed E-state index contributed by atoms with van der Waals surface area (Å²) in [5.74, 6) is 1.13.